The van der Waals surface area contributed by atoms with Crippen LogP contribution in [-0.2, 0) is 40.5 Å². The molecule has 0 unspecified atom stereocenters. The molecule has 0 saturated carbocycles. The van der Waals surface area contributed by atoms with Gasteiger partial charge in [0, 0.05) is 0 Å². The van der Waals surface area contributed by atoms with Gasteiger partial charge in [-0.2, -0.15) is 0 Å². The van der Waals surface area contributed by atoms with Crippen molar-refractivity contribution in [1.82, 2.24) is 0 Å². The van der Waals surface area contributed by atoms with Crippen molar-refractivity contribution in [2.45, 2.75) is 6.92 Å². The molecule has 0 N–H and O–H groups in total. The van der Waals surface area contributed by atoms with Crippen molar-refractivity contribution in [2.24, 2.45) is 0 Å². The van der Waals surface area contributed by atoms with Crippen LogP contribution in [0.1, 0.15) is 6.92 Å². The van der Waals surface area contributed by atoms with E-state index in [9.17, 15) is 4.79 Å². The van der Waals surface area contributed by atoms with Crippen LogP contribution in [0.2, 0.25) is 0 Å². The van der Waals surface area contributed by atoms with Crippen molar-refractivity contribution in [2.75, 3.05) is 0 Å². The summed E-state index contributed by atoms with van der Waals surface area (Å²) >= 11 is 0. The minimum absolute atomic E-state index is 0. The predicted molar refractivity (Wildman–Crippen MR) is 36.1 cm³/mol. The van der Waals surface area contributed by atoms with Gasteiger partial charge in [-0.05, 0) is 6.29 Å². The molecule has 0 aromatic rings. The molecule has 0 rings (SSSR count). The van der Waals surface area contributed by atoms with Crippen LogP contribution in [-0.4, -0.2) is 6.29 Å². The van der Waals surface area contributed by atoms with Crippen molar-refractivity contribution in [1.29, 1.82) is 0 Å². The Balaban J connectivity index is -0.0000000156. The molecular weight excluding hydrogens is 232 g/mol. The molecule has 0 spiro atoms. The molecule has 6 heteroatoms. The molecule has 0 aliphatic carbocycles. The molecule has 0 aromatic carbocycles. The largest absolute Gasteiger partial charge is 2.00 e. The van der Waals surface area contributed by atoms with Crippen LogP contribution in [0.25, 0.3) is 0 Å². The van der Waals surface area contributed by atoms with E-state index >= 15 is 0 Å². The van der Waals surface area contributed by atoms with Gasteiger partial charge in [-0.1, -0.05) is 0 Å². The summed E-state index contributed by atoms with van der Waals surface area (Å²) in [6.45, 7) is 19.8. The zero-order valence-electron chi connectivity index (χ0n) is 7.13. The number of aldehydes is 1. The smallest absolute Gasteiger partial charge is 2.00 e. The average Bonchev–Trinajstić information content (AvgIpc) is 2.30. The van der Waals surface area contributed by atoms with Gasteiger partial charge in [0.2, 0.25) is 0 Å². The fraction of sp³-hybridized carbons (Fsp3) is 0.125. The van der Waals surface area contributed by atoms with Gasteiger partial charge >= 0.3 is 62.3 Å². The Labute approximate surface area is 93.6 Å². The Kier molecular flexibility index (Phi) is 976. The molecule has 0 aromatic heterocycles. The summed E-state index contributed by atoms with van der Waals surface area (Å²) in [6.07, 6.45) is 3.88. The van der Waals surface area contributed by atoms with E-state index in [0.717, 1.165) is 6.29 Å². The van der Waals surface area contributed by atoms with Gasteiger partial charge in [0.05, 0.1) is 0 Å². The first-order valence-electron chi connectivity index (χ1n) is 2.30. The van der Waals surface area contributed by atoms with Gasteiger partial charge in [-0.25, -0.2) is 6.92 Å². The maximum Gasteiger partial charge on any atom is 2.00 e. The molecule has 0 atom stereocenters. The summed E-state index contributed by atoms with van der Waals surface area (Å²) < 4.78 is 30.0. The minimum Gasteiger partial charge on any atom is 2.00 e. The van der Waals surface area contributed by atoms with Crippen LogP contribution >= 0.6 is 0 Å². The molecule has 0 heterocycles. The Morgan fingerprint density at radius 2 is 1.14 bits per heavy atom. The van der Waals surface area contributed by atoms with Gasteiger partial charge in [-0.15, -0.1) is 0 Å². The minimum atomic E-state index is 0. The number of hydrogen-bond donors (Lipinski definition) is 0. The van der Waals surface area contributed by atoms with Crippen molar-refractivity contribution in [3.63, 3.8) is 0 Å². The first-order valence-corrected chi connectivity index (χ1v) is 2.30. The first-order chi connectivity index (χ1) is 6.41. The van der Waals surface area contributed by atoms with E-state index in [4.69, 9.17) is 18.6 Å². The normalized spacial score (nSPS) is 2.93. The zero-order valence-corrected chi connectivity index (χ0v) is 8.23. The van der Waals surface area contributed by atoms with E-state index in [2.05, 4.69) is 26.6 Å². The van der Waals surface area contributed by atoms with Crippen LogP contribution in [0.4, 0.5) is 0 Å². The monoisotopic (exact) mass is 238 g/mol. The second-order valence-corrected chi connectivity index (χ2v) is 0.662. The van der Waals surface area contributed by atoms with Gasteiger partial charge in [0.1, 0.15) is 0 Å². The van der Waals surface area contributed by atoms with E-state index < -0.39 is 0 Å². The third-order valence-electron chi connectivity index (χ3n) is 0.271. The number of hydrogen-bond acceptors (Lipinski definition) is 1. The van der Waals surface area contributed by atoms with Crippen LogP contribution in [0.3, 0.4) is 0 Å². The van der Waals surface area contributed by atoms with Gasteiger partial charge in [0.25, 0.3) is 0 Å². The number of rotatable bonds is 2. The van der Waals surface area contributed by atoms with Crippen molar-refractivity contribution < 1.29 is 40.5 Å². The molecule has 14 heavy (non-hydrogen) atoms. The van der Waals surface area contributed by atoms with E-state index in [-0.39, 0.29) is 17.1 Å². The zero-order chi connectivity index (χ0) is 12.1. The third-order valence-corrected chi connectivity index (χ3v) is 0.271. The fourth-order valence-electron chi connectivity index (χ4n) is 0.0786. The molecule has 5 nitrogen and oxygen atoms in total. The Morgan fingerprint density at radius 1 is 0.929 bits per heavy atom. The van der Waals surface area contributed by atoms with Crippen LogP contribution in [0.5, 0.6) is 0 Å². The molecule has 0 saturated heterocycles. The third kappa shape index (κ3) is 1060. The second kappa shape index (κ2) is 358. The molecule has 0 aliphatic rings. The summed E-state index contributed by atoms with van der Waals surface area (Å²) in [6, 6.07) is 0. The molecule has 76 valence electrons. The Hall–Kier alpha value is -0.981. The molecular formula is C8H6FeO5. The second-order valence-electron chi connectivity index (χ2n) is 0.662. The first kappa shape index (κ1) is 38.2. The van der Waals surface area contributed by atoms with E-state index in [1.165, 1.54) is 6.42 Å². The van der Waals surface area contributed by atoms with E-state index in [1.54, 1.807) is 13.3 Å². The quantitative estimate of drug-likeness (QED) is 0.297. The molecule has 0 fully saturated rings. The number of carbonyl (C=O) groups is 1. The van der Waals surface area contributed by atoms with Crippen LogP contribution in [0.15, 0.2) is 0 Å². The Bertz CT molecular complexity index is 112. The number of unbranched alkanes of at least 4 members (excludes halogenated alkanes) is 1. The van der Waals surface area contributed by atoms with E-state index in [0.29, 0.717) is 0 Å². The summed E-state index contributed by atoms with van der Waals surface area (Å²) in [5.41, 5.74) is 0. The summed E-state index contributed by atoms with van der Waals surface area (Å²) in [5, 5.41) is 0. The predicted octanol–water partition coefficient (Wildman–Crippen LogP) is 0.461. The van der Waals surface area contributed by atoms with Crippen molar-refractivity contribution in [3.05, 3.63) is 39.4 Å². The van der Waals surface area contributed by atoms with Crippen LogP contribution < -0.4 is 0 Å². The molecule has 0 amide bonds. The van der Waals surface area contributed by atoms with Crippen molar-refractivity contribution >= 4 is 6.29 Å². The average molecular weight is 238 g/mol. The summed E-state index contributed by atoms with van der Waals surface area (Å²) in [7, 11) is 0. The molecule has 0 bridgehead atoms. The van der Waals surface area contributed by atoms with Gasteiger partial charge in [0.15, 0.2) is 0 Å². The summed E-state index contributed by atoms with van der Waals surface area (Å²) in [4.78, 5) is 9.32. The Morgan fingerprint density at radius 3 is 1.14 bits per heavy atom. The van der Waals surface area contributed by atoms with E-state index in [1.807, 2.05) is 0 Å². The van der Waals surface area contributed by atoms with Gasteiger partial charge in [-0.3, -0.25) is 0 Å². The number of carbonyl (C=O) groups excluding carboxylic acids is 1. The summed E-state index contributed by atoms with van der Waals surface area (Å²) in [5.74, 6) is 0. The standard InChI is InChI=1S/C4H6O.4CO.Fe/c1-2-3-4-5;4*1-2;/h2-4H,1H3;;;;;/q-2;;;;;+2. The molecule has 0 aliphatic heterocycles. The van der Waals surface area contributed by atoms with Gasteiger partial charge < -0.3 is 17.6 Å². The molecule has 0 radical (unpaired) electrons. The SMILES string of the molecule is C[CH-][CH-]C=O.[C-]#[O+].[C-]#[O+].[C-]#[O+].[C-]#[O+].[Fe+2]. The fourth-order valence-corrected chi connectivity index (χ4v) is 0.0786. The topological polar surface area (TPSA) is 96.7 Å². The maximum atomic E-state index is 9.32. The van der Waals surface area contributed by atoms with Crippen molar-refractivity contribution in [3.8, 4) is 0 Å². The van der Waals surface area contributed by atoms with Crippen LogP contribution in [0, 0.1) is 39.4 Å². The maximum absolute atomic E-state index is 9.32.